The van der Waals surface area contributed by atoms with Crippen molar-refractivity contribution in [3.05, 3.63) is 47.2 Å². The van der Waals surface area contributed by atoms with Gasteiger partial charge in [-0.05, 0) is 31.9 Å². The fraction of sp³-hybridized carbons (Fsp3) is 0.350. The molecule has 0 saturated heterocycles. The van der Waals surface area contributed by atoms with Crippen molar-refractivity contribution in [2.24, 2.45) is 0 Å². The van der Waals surface area contributed by atoms with Gasteiger partial charge in [0, 0.05) is 5.56 Å². The first-order chi connectivity index (χ1) is 13.2. The number of fused-ring (bicyclic) bond motifs is 1. The van der Waals surface area contributed by atoms with Crippen molar-refractivity contribution in [3.63, 3.8) is 0 Å². The van der Waals surface area contributed by atoms with Crippen molar-refractivity contribution in [3.8, 4) is 11.3 Å². The fourth-order valence-corrected chi connectivity index (χ4v) is 3.08. The van der Waals surface area contributed by atoms with Gasteiger partial charge in [0.2, 0.25) is 0 Å². The second-order valence-corrected chi connectivity index (χ2v) is 6.35. The average molecular weight is 391 g/mol. The van der Waals surface area contributed by atoms with E-state index in [2.05, 4.69) is 10.1 Å². The second-order valence-electron chi connectivity index (χ2n) is 6.35. The summed E-state index contributed by atoms with van der Waals surface area (Å²) in [6.45, 7) is 4.99. The number of hydrogen-bond donors (Lipinski definition) is 0. The van der Waals surface area contributed by atoms with Crippen LogP contribution in [0, 0.1) is 6.92 Å². The minimum absolute atomic E-state index is 0.00921. The molecule has 2 heterocycles. The van der Waals surface area contributed by atoms with Gasteiger partial charge in [-0.25, -0.2) is 9.67 Å². The van der Waals surface area contributed by atoms with Crippen LogP contribution >= 0.6 is 0 Å². The summed E-state index contributed by atoms with van der Waals surface area (Å²) in [5.74, 6) is -0.583. The smallest absolute Gasteiger partial charge is 0.417 e. The van der Waals surface area contributed by atoms with Gasteiger partial charge in [-0.3, -0.25) is 4.79 Å². The number of esters is 1. The summed E-state index contributed by atoms with van der Waals surface area (Å²) >= 11 is 0. The highest BCUT2D eigenvalue weighted by atomic mass is 19.4. The number of rotatable bonds is 5. The number of nitrogens with zero attached hydrogens (tertiary/aromatic N) is 3. The number of aryl methyl sites for hydroxylation is 2. The van der Waals surface area contributed by atoms with Gasteiger partial charge < -0.3 is 4.74 Å². The molecule has 0 aliphatic carbocycles. The summed E-state index contributed by atoms with van der Waals surface area (Å²) in [5.41, 5.74) is 1.16. The Hall–Kier alpha value is -2.90. The largest absolute Gasteiger partial charge is 0.465 e. The topological polar surface area (TPSA) is 57.0 Å². The summed E-state index contributed by atoms with van der Waals surface area (Å²) in [4.78, 5) is 16.2. The Bertz CT molecular complexity index is 1010. The highest BCUT2D eigenvalue weighted by Crippen LogP contribution is 2.38. The minimum Gasteiger partial charge on any atom is -0.465 e. The zero-order chi connectivity index (χ0) is 20.5. The number of hydrogen-bond acceptors (Lipinski definition) is 4. The van der Waals surface area contributed by atoms with E-state index in [9.17, 15) is 18.0 Å². The molecule has 0 amide bonds. The molecule has 0 fully saturated rings. The van der Waals surface area contributed by atoms with E-state index in [4.69, 9.17) is 4.74 Å². The third kappa shape index (κ3) is 3.85. The number of pyridine rings is 1. The zero-order valence-corrected chi connectivity index (χ0v) is 15.8. The number of carbonyl (C=O) groups excluding carboxylic acids is 1. The molecule has 2 aromatic heterocycles. The Morgan fingerprint density at radius 2 is 1.86 bits per heavy atom. The molecular formula is C20H20F3N3O2. The maximum atomic E-state index is 13.7. The quantitative estimate of drug-likeness (QED) is 0.599. The van der Waals surface area contributed by atoms with Crippen molar-refractivity contribution >= 4 is 17.0 Å². The predicted octanol–water partition coefficient (Wildman–Crippen LogP) is 4.55. The molecule has 3 rings (SSSR count). The van der Waals surface area contributed by atoms with Gasteiger partial charge in [0.05, 0.1) is 28.9 Å². The molecule has 0 aliphatic heterocycles. The van der Waals surface area contributed by atoms with E-state index in [0.717, 1.165) is 18.1 Å². The summed E-state index contributed by atoms with van der Waals surface area (Å²) in [6, 6.07) is 8.23. The molecule has 0 spiro atoms. The van der Waals surface area contributed by atoms with Crippen LogP contribution in [0.2, 0.25) is 0 Å². The van der Waals surface area contributed by atoms with Gasteiger partial charge in [0.25, 0.3) is 0 Å². The number of ether oxygens (including phenoxy) is 1. The molecule has 28 heavy (non-hydrogen) atoms. The maximum Gasteiger partial charge on any atom is 0.417 e. The van der Waals surface area contributed by atoms with Crippen LogP contribution in [0.4, 0.5) is 13.2 Å². The molecule has 0 aliphatic rings. The molecular weight excluding hydrogens is 371 g/mol. The van der Waals surface area contributed by atoms with Crippen LogP contribution in [0.3, 0.4) is 0 Å². The molecule has 0 bridgehead atoms. The normalized spacial score (nSPS) is 11.8. The fourth-order valence-electron chi connectivity index (χ4n) is 3.08. The number of alkyl halides is 3. The van der Waals surface area contributed by atoms with Crippen LogP contribution in [-0.4, -0.2) is 27.3 Å². The van der Waals surface area contributed by atoms with Gasteiger partial charge in [-0.15, -0.1) is 0 Å². The lowest BCUT2D eigenvalue weighted by Gasteiger charge is -2.12. The van der Waals surface area contributed by atoms with Gasteiger partial charge in [0.15, 0.2) is 5.65 Å². The molecule has 0 N–H and O–H groups in total. The third-order valence-corrected chi connectivity index (χ3v) is 4.42. The van der Waals surface area contributed by atoms with Crippen molar-refractivity contribution in [1.29, 1.82) is 0 Å². The molecule has 1 aromatic carbocycles. The van der Waals surface area contributed by atoms with Gasteiger partial charge >= 0.3 is 12.1 Å². The Kier molecular flexibility index (Phi) is 5.40. The Morgan fingerprint density at radius 3 is 2.43 bits per heavy atom. The molecule has 0 unspecified atom stereocenters. The summed E-state index contributed by atoms with van der Waals surface area (Å²) in [7, 11) is 0. The summed E-state index contributed by atoms with van der Waals surface area (Å²) in [6.07, 6.45) is -3.76. The van der Waals surface area contributed by atoms with E-state index < -0.39 is 17.7 Å². The Balaban J connectivity index is 2.21. The molecule has 3 aromatic rings. The number of aromatic nitrogens is 3. The van der Waals surface area contributed by atoms with Crippen molar-refractivity contribution < 1.29 is 22.7 Å². The van der Waals surface area contributed by atoms with E-state index in [1.54, 1.807) is 19.1 Å². The summed E-state index contributed by atoms with van der Waals surface area (Å²) < 4.78 is 47.3. The van der Waals surface area contributed by atoms with Crippen LogP contribution in [-0.2, 0) is 28.7 Å². The Morgan fingerprint density at radius 1 is 1.18 bits per heavy atom. The lowest BCUT2D eigenvalue weighted by atomic mass is 10.0. The van der Waals surface area contributed by atoms with E-state index in [1.807, 2.05) is 19.1 Å². The monoisotopic (exact) mass is 391 g/mol. The van der Waals surface area contributed by atoms with Crippen LogP contribution in [0.25, 0.3) is 22.3 Å². The van der Waals surface area contributed by atoms with Crippen LogP contribution in [0.1, 0.15) is 30.7 Å². The number of benzene rings is 1. The molecule has 0 saturated carbocycles. The first-order valence-electron chi connectivity index (χ1n) is 8.94. The number of carbonyl (C=O) groups is 1. The molecule has 0 atom stereocenters. The minimum atomic E-state index is -4.58. The van der Waals surface area contributed by atoms with Crippen LogP contribution < -0.4 is 0 Å². The second kappa shape index (κ2) is 7.61. The van der Waals surface area contributed by atoms with E-state index in [1.165, 1.54) is 11.6 Å². The maximum absolute atomic E-state index is 13.7. The summed E-state index contributed by atoms with van der Waals surface area (Å²) in [5, 5.41) is 4.00. The number of halogens is 3. The lowest BCUT2D eigenvalue weighted by Crippen LogP contribution is -2.15. The van der Waals surface area contributed by atoms with Gasteiger partial charge in [-0.2, -0.15) is 18.3 Å². The van der Waals surface area contributed by atoms with Crippen molar-refractivity contribution in [1.82, 2.24) is 14.8 Å². The first-order valence-corrected chi connectivity index (χ1v) is 8.94. The standard InChI is InChI=1S/C20H20F3N3O2/c1-4-13-6-8-14(9-7-13)16-10-15(20(21,22)23)18-12(3)25-26(19(18)24-16)11-17(27)28-5-2/h6-10H,4-5,11H2,1-3H3. The van der Waals surface area contributed by atoms with Gasteiger partial charge in [-0.1, -0.05) is 31.2 Å². The molecule has 0 radical (unpaired) electrons. The van der Waals surface area contributed by atoms with E-state index >= 15 is 0 Å². The van der Waals surface area contributed by atoms with Crippen molar-refractivity contribution in [2.75, 3.05) is 6.61 Å². The van der Waals surface area contributed by atoms with E-state index in [-0.39, 0.29) is 35.6 Å². The SMILES string of the molecule is CCOC(=O)Cn1nc(C)c2c(C(F)(F)F)cc(-c3ccc(CC)cc3)nc21. The van der Waals surface area contributed by atoms with Gasteiger partial charge in [0.1, 0.15) is 6.54 Å². The highest BCUT2D eigenvalue weighted by molar-refractivity contribution is 5.86. The third-order valence-electron chi connectivity index (χ3n) is 4.42. The van der Waals surface area contributed by atoms with Crippen molar-refractivity contribution in [2.45, 2.75) is 39.9 Å². The molecule has 148 valence electrons. The highest BCUT2D eigenvalue weighted by Gasteiger charge is 2.35. The molecule has 8 heteroatoms. The lowest BCUT2D eigenvalue weighted by molar-refractivity contribution is -0.144. The van der Waals surface area contributed by atoms with Crippen LogP contribution in [0.5, 0.6) is 0 Å². The predicted molar refractivity (Wildman–Crippen MR) is 98.7 cm³/mol. The van der Waals surface area contributed by atoms with Crippen LogP contribution in [0.15, 0.2) is 30.3 Å². The Labute approximate surface area is 160 Å². The average Bonchev–Trinajstić information content (AvgIpc) is 2.96. The zero-order valence-electron chi connectivity index (χ0n) is 15.8. The molecule has 5 nitrogen and oxygen atoms in total. The first kappa shape index (κ1) is 19.9. The van der Waals surface area contributed by atoms with E-state index in [0.29, 0.717) is 5.56 Å².